The lowest BCUT2D eigenvalue weighted by Gasteiger charge is -2.04. The maximum absolute atomic E-state index is 13.5. The van der Waals surface area contributed by atoms with Crippen molar-refractivity contribution >= 4 is 17.5 Å². The van der Waals surface area contributed by atoms with Crippen molar-refractivity contribution in [3.05, 3.63) is 29.3 Å². The van der Waals surface area contributed by atoms with Gasteiger partial charge in [-0.2, -0.15) is 4.80 Å². The van der Waals surface area contributed by atoms with E-state index in [9.17, 15) is 13.6 Å². The second kappa shape index (κ2) is 4.35. The maximum atomic E-state index is 13.5. The first kappa shape index (κ1) is 11.9. The van der Waals surface area contributed by atoms with E-state index >= 15 is 0 Å². The molecule has 0 atom stereocenters. The van der Waals surface area contributed by atoms with E-state index in [4.69, 9.17) is 5.73 Å². The van der Waals surface area contributed by atoms with Crippen LogP contribution in [-0.4, -0.2) is 26.1 Å². The van der Waals surface area contributed by atoms with Crippen LogP contribution in [0.2, 0.25) is 0 Å². The molecule has 3 N–H and O–H groups in total. The summed E-state index contributed by atoms with van der Waals surface area (Å²) in [5.74, 6) is -2.85. The number of aryl methyl sites for hydroxylation is 1. The van der Waals surface area contributed by atoms with Crippen molar-refractivity contribution in [2.24, 2.45) is 7.05 Å². The summed E-state index contributed by atoms with van der Waals surface area (Å²) in [7, 11) is 1.49. The molecule has 0 aliphatic rings. The fourth-order valence-electron chi connectivity index (χ4n) is 1.28. The minimum absolute atomic E-state index is 0.121. The number of tetrazole rings is 1. The zero-order chi connectivity index (χ0) is 13.3. The minimum Gasteiger partial charge on any atom is -0.396 e. The molecule has 1 amide bonds. The standard InChI is InChI=1S/C9H8F2N6O/c1-17-15-9(14-16-17)13-8(18)5-2-4(10)3-6(12)7(5)11/h2-3H,12H2,1H3,(H,13,15,18). The highest BCUT2D eigenvalue weighted by Crippen LogP contribution is 2.18. The number of halogens is 2. The van der Waals surface area contributed by atoms with Gasteiger partial charge >= 0.3 is 0 Å². The predicted molar refractivity (Wildman–Crippen MR) is 57.5 cm³/mol. The quantitative estimate of drug-likeness (QED) is 0.752. The van der Waals surface area contributed by atoms with Crippen molar-refractivity contribution in [2.75, 3.05) is 11.1 Å². The van der Waals surface area contributed by atoms with Gasteiger partial charge in [-0.1, -0.05) is 5.10 Å². The van der Waals surface area contributed by atoms with Gasteiger partial charge in [0, 0.05) is 0 Å². The number of anilines is 2. The van der Waals surface area contributed by atoms with Crippen molar-refractivity contribution in [3.8, 4) is 0 Å². The van der Waals surface area contributed by atoms with Crippen molar-refractivity contribution in [3.63, 3.8) is 0 Å². The highest BCUT2D eigenvalue weighted by atomic mass is 19.1. The molecule has 18 heavy (non-hydrogen) atoms. The topological polar surface area (TPSA) is 98.7 Å². The number of hydrogen-bond donors (Lipinski definition) is 2. The fourth-order valence-corrected chi connectivity index (χ4v) is 1.28. The van der Waals surface area contributed by atoms with E-state index in [0.29, 0.717) is 0 Å². The van der Waals surface area contributed by atoms with E-state index < -0.39 is 28.8 Å². The number of carbonyl (C=O) groups is 1. The number of hydrogen-bond acceptors (Lipinski definition) is 5. The number of nitrogen functional groups attached to an aromatic ring is 1. The first-order valence-electron chi connectivity index (χ1n) is 4.77. The van der Waals surface area contributed by atoms with Crippen LogP contribution in [0.4, 0.5) is 20.4 Å². The molecular weight excluding hydrogens is 246 g/mol. The van der Waals surface area contributed by atoms with E-state index in [-0.39, 0.29) is 5.95 Å². The molecule has 1 heterocycles. The molecule has 1 aromatic carbocycles. The van der Waals surface area contributed by atoms with Gasteiger partial charge in [0.25, 0.3) is 11.9 Å². The van der Waals surface area contributed by atoms with E-state index in [1.165, 1.54) is 7.05 Å². The third kappa shape index (κ3) is 2.24. The van der Waals surface area contributed by atoms with Gasteiger partial charge in [0.2, 0.25) is 0 Å². The van der Waals surface area contributed by atoms with Crippen LogP contribution in [0.5, 0.6) is 0 Å². The molecule has 7 nitrogen and oxygen atoms in total. The van der Waals surface area contributed by atoms with Crippen molar-refractivity contribution < 1.29 is 13.6 Å². The summed E-state index contributed by atoms with van der Waals surface area (Å²) >= 11 is 0. The summed E-state index contributed by atoms with van der Waals surface area (Å²) in [5, 5.41) is 12.8. The van der Waals surface area contributed by atoms with Crippen LogP contribution in [-0.2, 0) is 7.05 Å². The average Bonchev–Trinajstić information content (AvgIpc) is 2.69. The van der Waals surface area contributed by atoms with E-state index in [0.717, 1.165) is 16.9 Å². The first-order chi connectivity index (χ1) is 8.47. The lowest BCUT2D eigenvalue weighted by atomic mass is 10.1. The van der Waals surface area contributed by atoms with E-state index in [1.54, 1.807) is 0 Å². The Balaban J connectivity index is 2.29. The van der Waals surface area contributed by atoms with Gasteiger partial charge in [-0.15, -0.1) is 5.10 Å². The highest BCUT2D eigenvalue weighted by molar-refractivity contribution is 6.04. The Bertz CT molecular complexity index is 611. The summed E-state index contributed by atoms with van der Waals surface area (Å²) in [6, 6.07) is 1.52. The molecule has 0 saturated carbocycles. The largest absolute Gasteiger partial charge is 0.396 e. The molecule has 0 aliphatic heterocycles. The molecule has 0 bridgehead atoms. The molecule has 0 spiro atoms. The van der Waals surface area contributed by atoms with E-state index in [1.807, 2.05) is 0 Å². The number of aromatic nitrogens is 4. The smallest absolute Gasteiger partial charge is 0.270 e. The Morgan fingerprint density at radius 1 is 1.44 bits per heavy atom. The molecule has 2 rings (SSSR count). The van der Waals surface area contributed by atoms with Crippen LogP contribution in [0.3, 0.4) is 0 Å². The van der Waals surface area contributed by atoms with E-state index in [2.05, 4.69) is 20.7 Å². The van der Waals surface area contributed by atoms with Gasteiger partial charge < -0.3 is 5.73 Å². The predicted octanol–water partition coefficient (Wildman–Crippen LogP) is 0.323. The number of rotatable bonds is 2. The molecule has 1 aromatic heterocycles. The van der Waals surface area contributed by atoms with Crippen molar-refractivity contribution in [1.29, 1.82) is 0 Å². The Morgan fingerprint density at radius 2 is 2.17 bits per heavy atom. The Kier molecular flexibility index (Phi) is 2.88. The molecule has 0 radical (unpaired) electrons. The second-order valence-corrected chi connectivity index (χ2v) is 3.41. The summed E-state index contributed by atoms with van der Waals surface area (Å²) in [6.45, 7) is 0. The summed E-state index contributed by atoms with van der Waals surface area (Å²) in [6.07, 6.45) is 0. The number of nitrogens with one attached hydrogen (secondary N) is 1. The molecule has 9 heteroatoms. The Hall–Kier alpha value is -2.58. The normalized spacial score (nSPS) is 10.4. The second-order valence-electron chi connectivity index (χ2n) is 3.41. The highest BCUT2D eigenvalue weighted by Gasteiger charge is 2.17. The van der Waals surface area contributed by atoms with Gasteiger partial charge in [-0.3, -0.25) is 10.1 Å². The van der Waals surface area contributed by atoms with Gasteiger partial charge in [0.15, 0.2) is 5.82 Å². The summed E-state index contributed by atoms with van der Waals surface area (Å²) in [4.78, 5) is 12.8. The van der Waals surface area contributed by atoms with Crippen LogP contribution < -0.4 is 11.1 Å². The van der Waals surface area contributed by atoms with Crippen molar-refractivity contribution in [1.82, 2.24) is 20.2 Å². The minimum atomic E-state index is -1.00. The van der Waals surface area contributed by atoms with Gasteiger partial charge in [-0.05, 0) is 17.3 Å². The molecule has 0 aliphatic carbocycles. The van der Waals surface area contributed by atoms with Gasteiger partial charge in [0.1, 0.15) is 5.82 Å². The van der Waals surface area contributed by atoms with Crippen LogP contribution in [0, 0.1) is 11.6 Å². The third-order valence-electron chi connectivity index (χ3n) is 2.04. The number of carbonyl (C=O) groups excluding carboxylic acids is 1. The number of benzene rings is 1. The SMILES string of the molecule is Cn1nnc(NC(=O)c2cc(F)cc(N)c2F)n1. The molecule has 0 unspecified atom stereocenters. The van der Waals surface area contributed by atoms with Crippen LogP contribution in [0.15, 0.2) is 12.1 Å². The van der Waals surface area contributed by atoms with Gasteiger partial charge in [-0.25, -0.2) is 8.78 Å². The number of amides is 1. The fraction of sp³-hybridized carbons (Fsp3) is 0.111. The lowest BCUT2D eigenvalue weighted by molar-refractivity contribution is 0.102. The van der Waals surface area contributed by atoms with Gasteiger partial charge in [0.05, 0.1) is 18.3 Å². The molecule has 0 fully saturated rings. The molecular formula is C9H8F2N6O. The third-order valence-corrected chi connectivity index (χ3v) is 2.04. The van der Waals surface area contributed by atoms with Crippen LogP contribution in [0.25, 0.3) is 0 Å². The van der Waals surface area contributed by atoms with Crippen LogP contribution in [0.1, 0.15) is 10.4 Å². The monoisotopic (exact) mass is 254 g/mol. The number of nitrogens with zero attached hydrogens (tertiary/aromatic N) is 4. The average molecular weight is 254 g/mol. The molecule has 0 saturated heterocycles. The maximum Gasteiger partial charge on any atom is 0.270 e. The molecule has 94 valence electrons. The van der Waals surface area contributed by atoms with Crippen molar-refractivity contribution in [2.45, 2.75) is 0 Å². The summed E-state index contributed by atoms with van der Waals surface area (Å²) in [5.41, 5.74) is 4.23. The first-order valence-corrected chi connectivity index (χ1v) is 4.77. The zero-order valence-electron chi connectivity index (χ0n) is 9.19. The molecule has 2 aromatic rings. The summed E-state index contributed by atoms with van der Waals surface area (Å²) < 4.78 is 26.6. The Morgan fingerprint density at radius 3 is 2.78 bits per heavy atom. The Labute approximate surface area is 99.6 Å². The number of nitrogens with two attached hydrogens (primary N) is 1. The lowest BCUT2D eigenvalue weighted by Crippen LogP contribution is -2.16. The van der Waals surface area contributed by atoms with Crippen LogP contribution >= 0.6 is 0 Å². The zero-order valence-corrected chi connectivity index (χ0v) is 9.19.